The van der Waals surface area contributed by atoms with E-state index in [9.17, 15) is 4.79 Å². The second-order valence-electron chi connectivity index (χ2n) is 4.98. The number of rotatable bonds is 4. The Bertz CT molecular complexity index is 826. The van der Waals surface area contributed by atoms with Gasteiger partial charge in [-0.15, -0.1) is 11.3 Å². The third kappa shape index (κ3) is 3.76. The largest absolute Gasteiger partial charge is 0.288 e. The van der Waals surface area contributed by atoms with Crippen molar-refractivity contribution < 1.29 is 4.79 Å². The van der Waals surface area contributed by atoms with Gasteiger partial charge in [-0.1, -0.05) is 30.3 Å². The van der Waals surface area contributed by atoms with Crippen LogP contribution in [0.15, 0.2) is 59.9 Å². The molecule has 0 unspecified atom stereocenters. The van der Waals surface area contributed by atoms with Gasteiger partial charge in [0.15, 0.2) is 0 Å². The predicted octanol–water partition coefficient (Wildman–Crippen LogP) is 3.97. The van der Waals surface area contributed by atoms with Crippen LogP contribution in [-0.2, 0) is 6.42 Å². The van der Waals surface area contributed by atoms with Crippen molar-refractivity contribution in [2.24, 2.45) is 4.99 Å². The Morgan fingerprint density at radius 3 is 2.78 bits per heavy atom. The summed E-state index contributed by atoms with van der Waals surface area (Å²) in [4.78, 5) is 25.4. The second kappa shape index (κ2) is 7.07. The number of hydrogen-bond donors (Lipinski definition) is 0. The Kier molecular flexibility index (Phi) is 4.68. The van der Waals surface area contributed by atoms with Crippen LogP contribution in [0.25, 0.3) is 10.6 Å². The predicted molar refractivity (Wildman–Crippen MR) is 93.1 cm³/mol. The first-order valence-corrected chi connectivity index (χ1v) is 8.04. The van der Waals surface area contributed by atoms with Gasteiger partial charge >= 0.3 is 0 Å². The topological polar surface area (TPSA) is 55.2 Å². The van der Waals surface area contributed by atoms with Crippen molar-refractivity contribution in [1.29, 1.82) is 0 Å². The van der Waals surface area contributed by atoms with Crippen LogP contribution in [-0.4, -0.2) is 22.1 Å². The first-order chi connectivity index (χ1) is 11.2. The molecule has 114 valence electrons. The molecule has 0 N–H and O–H groups in total. The molecule has 3 aromatic rings. The molecule has 0 spiro atoms. The minimum Gasteiger partial charge on any atom is -0.266 e. The minimum atomic E-state index is -0.244. The molecular formula is C18H15N3OS. The number of aryl methyl sites for hydroxylation is 1. The Labute approximate surface area is 138 Å². The zero-order valence-electron chi connectivity index (χ0n) is 12.6. The van der Waals surface area contributed by atoms with Crippen molar-refractivity contribution in [1.82, 2.24) is 9.97 Å². The molecule has 23 heavy (non-hydrogen) atoms. The fraction of sp³-hybridized carbons (Fsp3) is 0.111. The Morgan fingerprint density at radius 1 is 1.22 bits per heavy atom. The van der Waals surface area contributed by atoms with E-state index in [0.29, 0.717) is 17.0 Å². The van der Waals surface area contributed by atoms with E-state index in [1.165, 1.54) is 11.3 Å². The number of nitrogens with zero attached hydrogens (tertiary/aromatic N) is 3. The van der Waals surface area contributed by atoms with Gasteiger partial charge in [0.05, 0.1) is 5.69 Å². The van der Waals surface area contributed by atoms with Gasteiger partial charge in [-0.2, -0.15) is 0 Å². The summed E-state index contributed by atoms with van der Waals surface area (Å²) in [6, 6.07) is 13.7. The molecule has 0 aliphatic rings. The van der Waals surface area contributed by atoms with Crippen LogP contribution in [0.2, 0.25) is 0 Å². The molecule has 0 aliphatic carbocycles. The van der Waals surface area contributed by atoms with Gasteiger partial charge in [0, 0.05) is 30.6 Å². The van der Waals surface area contributed by atoms with Gasteiger partial charge < -0.3 is 0 Å². The summed E-state index contributed by atoms with van der Waals surface area (Å²) in [7, 11) is 0. The number of aliphatic imine (C=N–C) groups is 1. The van der Waals surface area contributed by atoms with E-state index in [4.69, 9.17) is 0 Å². The molecule has 0 fully saturated rings. The van der Waals surface area contributed by atoms with Gasteiger partial charge in [0.1, 0.15) is 9.88 Å². The molecule has 2 heterocycles. The molecule has 1 amide bonds. The molecule has 0 bridgehead atoms. The number of hydrogen-bond acceptors (Lipinski definition) is 4. The zero-order chi connectivity index (χ0) is 16.1. The first kappa shape index (κ1) is 15.2. The van der Waals surface area contributed by atoms with E-state index >= 15 is 0 Å². The lowest BCUT2D eigenvalue weighted by Gasteiger charge is -1.94. The molecule has 0 saturated heterocycles. The van der Waals surface area contributed by atoms with Gasteiger partial charge in [0.2, 0.25) is 0 Å². The third-order valence-corrected chi connectivity index (χ3v) is 4.47. The normalized spacial score (nSPS) is 11.0. The highest BCUT2D eigenvalue weighted by atomic mass is 32.1. The van der Waals surface area contributed by atoms with Crippen LogP contribution in [0.5, 0.6) is 0 Å². The van der Waals surface area contributed by atoms with Crippen LogP contribution in [0, 0.1) is 6.92 Å². The average molecular weight is 321 g/mol. The maximum absolute atomic E-state index is 12.3. The highest BCUT2D eigenvalue weighted by Gasteiger charge is 2.15. The van der Waals surface area contributed by atoms with Crippen molar-refractivity contribution in [2.45, 2.75) is 13.3 Å². The Balaban J connectivity index is 1.74. The number of amides is 1. The van der Waals surface area contributed by atoms with E-state index in [1.807, 2.05) is 49.4 Å². The van der Waals surface area contributed by atoms with Gasteiger partial charge in [0.25, 0.3) is 5.91 Å². The smallest absolute Gasteiger partial charge is 0.266 e. The fourth-order valence-electron chi connectivity index (χ4n) is 2.11. The summed E-state index contributed by atoms with van der Waals surface area (Å²) in [6.45, 7) is 1.83. The molecule has 0 atom stereocenters. The van der Waals surface area contributed by atoms with E-state index in [2.05, 4.69) is 15.0 Å². The van der Waals surface area contributed by atoms with Crippen LogP contribution in [0.4, 0.5) is 0 Å². The average Bonchev–Trinajstić information content (AvgIpc) is 2.98. The van der Waals surface area contributed by atoms with E-state index in [1.54, 1.807) is 18.6 Å². The molecule has 5 heteroatoms. The van der Waals surface area contributed by atoms with Gasteiger partial charge in [-0.3, -0.25) is 9.78 Å². The van der Waals surface area contributed by atoms with E-state index in [0.717, 1.165) is 16.1 Å². The SMILES string of the molecule is Cc1nc(-c2cccnc2)sc1C(=O)N=CCc1ccccc1. The number of thiazole rings is 1. The minimum absolute atomic E-state index is 0.244. The van der Waals surface area contributed by atoms with E-state index < -0.39 is 0 Å². The molecule has 0 radical (unpaired) electrons. The molecular weight excluding hydrogens is 306 g/mol. The van der Waals surface area contributed by atoms with Crippen molar-refractivity contribution in [2.75, 3.05) is 0 Å². The summed E-state index contributed by atoms with van der Waals surface area (Å²) >= 11 is 1.35. The van der Waals surface area contributed by atoms with Crippen molar-refractivity contribution in [3.63, 3.8) is 0 Å². The van der Waals surface area contributed by atoms with Crippen molar-refractivity contribution in [3.8, 4) is 10.6 Å². The summed E-state index contributed by atoms with van der Waals surface area (Å²) in [5.41, 5.74) is 2.74. The lowest BCUT2D eigenvalue weighted by Crippen LogP contribution is -1.96. The highest BCUT2D eigenvalue weighted by Crippen LogP contribution is 2.27. The standard InChI is InChI=1S/C18H15N3OS/c1-13-16(23-18(21-13)15-8-5-10-19-12-15)17(22)20-11-9-14-6-3-2-4-7-14/h2-8,10-12H,9H2,1H3. The molecule has 2 aromatic heterocycles. The molecule has 3 rings (SSSR count). The van der Waals surface area contributed by atoms with Crippen LogP contribution in [0.3, 0.4) is 0 Å². The van der Waals surface area contributed by atoms with Crippen LogP contribution in [0.1, 0.15) is 20.9 Å². The lowest BCUT2D eigenvalue weighted by atomic mass is 10.2. The summed E-state index contributed by atoms with van der Waals surface area (Å²) in [5, 5.41) is 0.789. The molecule has 0 aliphatic heterocycles. The highest BCUT2D eigenvalue weighted by molar-refractivity contribution is 7.17. The first-order valence-electron chi connectivity index (χ1n) is 7.22. The second-order valence-corrected chi connectivity index (χ2v) is 5.98. The molecule has 4 nitrogen and oxygen atoms in total. The quantitative estimate of drug-likeness (QED) is 0.683. The number of carbonyl (C=O) groups excluding carboxylic acids is 1. The zero-order valence-corrected chi connectivity index (χ0v) is 13.5. The maximum atomic E-state index is 12.3. The maximum Gasteiger partial charge on any atom is 0.288 e. The lowest BCUT2D eigenvalue weighted by molar-refractivity contribution is 0.101. The van der Waals surface area contributed by atoms with Gasteiger partial charge in [-0.05, 0) is 24.6 Å². The van der Waals surface area contributed by atoms with Crippen LogP contribution < -0.4 is 0 Å². The van der Waals surface area contributed by atoms with Crippen molar-refractivity contribution in [3.05, 3.63) is 71.0 Å². The van der Waals surface area contributed by atoms with E-state index in [-0.39, 0.29) is 5.91 Å². The Morgan fingerprint density at radius 2 is 2.04 bits per heavy atom. The van der Waals surface area contributed by atoms with Crippen molar-refractivity contribution >= 4 is 23.5 Å². The molecule has 0 saturated carbocycles. The molecule has 1 aromatic carbocycles. The number of carbonyl (C=O) groups is 1. The third-order valence-electron chi connectivity index (χ3n) is 3.28. The summed E-state index contributed by atoms with van der Waals surface area (Å²) in [5.74, 6) is -0.244. The Hall–Kier alpha value is -2.66. The number of aromatic nitrogens is 2. The number of benzene rings is 1. The monoisotopic (exact) mass is 321 g/mol. The van der Waals surface area contributed by atoms with Gasteiger partial charge in [-0.25, -0.2) is 9.98 Å². The fourth-order valence-corrected chi connectivity index (χ4v) is 3.06. The summed E-state index contributed by atoms with van der Waals surface area (Å²) in [6.07, 6.45) is 5.75. The number of pyridine rings is 1. The summed E-state index contributed by atoms with van der Waals surface area (Å²) < 4.78 is 0. The van der Waals surface area contributed by atoms with Crippen LogP contribution >= 0.6 is 11.3 Å².